The van der Waals surface area contributed by atoms with Gasteiger partial charge in [-0.2, -0.15) is 52.7 Å². The summed E-state index contributed by atoms with van der Waals surface area (Å²) in [6.07, 6.45) is -18.6. The third-order valence-corrected chi connectivity index (χ3v) is 14.3. The van der Waals surface area contributed by atoms with E-state index >= 15 is 0 Å². The maximum absolute atomic E-state index is 13.9. The average molecular weight is 1170 g/mol. The fourth-order valence-electron chi connectivity index (χ4n) is 9.83. The zero-order valence-electron chi connectivity index (χ0n) is 44.6. The molecule has 0 bridgehead atoms. The molecule has 6 amide bonds. The summed E-state index contributed by atoms with van der Waals surface area (Å²) in [7, 11) is 2.54. The molecule has 0 spiro atoms. The summed E-state index contributed by atoms with van der Waals surface area (Å²) in [6, 6.07) is 6.40. The van der Waals surface area contributed by atoms with E-state index in [1.807, 2.05) is 0 Å². The van der Waals surface area contributed by atoms with Gasteiger partial charge in [-0.3, -0.25) is 9.59 Å². The Kier molecular flexibility index (Phi) is 21.6. The van der Waals surface area contributed by atoms with Gasteiger partial charge in [-0.05, 0) is 153 Å². The molecule has 6 rings (SSSR count). The third-order valence-electron chi connectivity index (χ3n) is 14.3. The van der Waals surface area contributed by atoms with Crippen LogP contribution in [0, 0.1) is 37.3 Å². The van der Waals surface area contributed by atoms with Crippen LogP contribution in [0.1, 0.15) is 119 Å². The second-order valence-electron chi connectivity index (χ2n) is 20.1. The van der Waals surface area contributed by atoms with Crippen LogP contribution < -0.4 is 10.6 Å². The number of urea groups is 2. The smallest absolute Gasteiger partial charge is 0.396 e. The van der Waals surface area contributed by atoms with Gasteiger partial charge in [0.25, 0.3) is 0 Å². The summed E-state index contributed by atoms with van der Waals surface area (Å²) in [6.45, 7) is 4.50. The highest BCUT2D eigenvalue weighted by Gasteiger charge is 2.43. The summed E-state index contributed by atoms with van der Waals surface area (Å²) in [5.41, 5.74) is -4.48. The zero-order valence-corrected chi connectivity index (χ0v) is 44.6. The third kappa shape index (κ3) is 17.2. The molecule has 0 radical (unpaired) electrons. The predicted octanol–water partition coefficient (Wildman–Crippen LogP) is 11.9. The SMILES string of the molecule is Cc1cc(F)ccc1[C@H]1C[C@@H](C(=O)NCCCO)CCN1C(=O)N(C)Cc1cc(C(F)(F)F)cc(C(F)(F)F)c1.Cc1cc(F)ccc1[C@H]1C[C@@H](C(=O)NCCCO)CCN1C(=O)N(C)[C@@H](C)c1cc(C(F)(F)F)cc(C(F)(F)F)c1. The van der Waals surface area contributed by atoms with Crippen LogP contribution >= 0.6 is 0 Å². The Morgan fingerprint density at radius 1 is 0.580 bits per heavy atom. The number of nitrogens with one attached hydrogen (secondary N) is 2. The molecule has 81 heavy (non-hydrogen) atoms. The van der Waals surface area contributed by atoms with E-state index in [1.165, 1.54) is 67.2 Å². The molecule has 2 heterocycles. The van der Waals surface area contributed by atoms with Crippen LogP contribution in [0.5, 0.6) is 0 Å². The van der Waals surface area contributed by atoms with E-state index in [4.69, 9.17) is 10.2 Å². The van der Waals surface area contributed by atoms with Gasteiger partial charge in [0, 0.05) is 71.9 Å². The van der Waals surface area contributed by atoms with Gasteiger partial charge >= 0.3 is 36.8 Å². The standard InChI is InChI=1S/C28H32F7N3O3.C27H30F7N3O3/c1-16-11-22(29)5-6-23(16)24-14-18(25(40)36-8-4-10-39)7-9-38(24)26(41)37(3)17(2)19-12-20(27(30,31)32)15-21(13-19)28(33,34)35;1-16-10-21(28)4-5-22(16)23-13-18(24(39)35-7-3-9-38)6-8-37(23)25(40)36(2)15-17-11-19(26(29,30)31)14-20(12-17)27(32,33)34/h5-6,11-13,15,17-18,24,39H,4,7-10,14H2,1-3H3,(H,36,40);4-5,10-12,14,18,23,38H,3,6-9,13,15H2,1-2H3,(H,35,39)/t17-,18-,24+;18-,23+/m00/s1. The van der Waals surface area contributed by atoms with Gasteiger partial charge in [-0.15, -0.1) is 0 Å². The van der Waals surface area contributed by atoms with Crippen LogP contribution in [-0.4, -0.2) is 107 Å². The summed E-state index contributed by atoms with van der Waals surface area (Å²) >= 11 is 0. The van der Waals surface area contributed by atoms with Gasteiger partial charge < -0.3 is 40.4 Å². The van der Waals surface area contributed by atoms with Crippen LogP contribution in [0.4, 0.5) is 71.1 Å². The zero-order chi connectivity index (χ0) is 60.5. The number of hydrogen-bond acceptors (Lipinski definition) is 6. The molecule has 0 aliphatic carbocycles. The highest BCUT2D eigenvalue weighted by molar-refractivity contribution is 5.81. The number of alkyl halides is 12. The normalized spacial score (nSPS) is 18.3. The van der Waals surface area contributed by atoms with Crippen molar-refractivity contribution in [2.24, 2.45) is 11.8 Å². The molecule has 4 N–H and O–H groups in total. The second-order valence-corrected chi connectivity index (χ2v) is 20.1. The number of nitrogens with zero attached hydrogens (tertiary/aromatic N) is 4. The van der Waals surface area contributed by atoms with E-state index in [9.17, 15) is 80.6 Å². The number of benzene rings is 4. The Labute approximate surface area is 458 Å². The lowest BCUT2D eigenvalue weighted by molar-refractivity contribution is -0.144. The van der Waals surface area contributed by atoms with Crippen molar-refractivity contribution < 1.29 is 90.9 Å². The number of likely N-dealkylation sites (tertiary alicyclic amines) is 2. The summed E-state index contributed by atoms with van der Waals surface area (Å²) in [5.74, 6) is -2.60. The highest BCUT2D eigenvalue weighted by Crippen LogP contribution is 2.42. The van der Waals surface area contributed by atoms with E-state index in [-0.39, 0.29) is 100 Å². The number of aliphatic hydroxyl groups is 2. The molecule has 12 nitrogen and oxygen atoms in total. The van der Waals surface area contributed by atoms with Gasteiger partial charge in [0.15, 0.2) is 0 Å². The molecular weight excluding hydrogens is 1110 g/mol. The highest BCUT2D eigenvalue weighted by atomic mass is 19.4. The molecule has 446 valence electrons. The number of aliphatic hydroxyl groups excluding tert-OH is 2. The molecule has 0 saturated carbocycles. The Bertz CT molecular complexity index is 2780. The lowest BCUT2D eigenvalue weighted by Crippen LogP contribution is -2.49. The molecule has 4 aromatic rings. The molecule has 5 atom stereocenters. The fourth-order valence-corrected chi connectivity index (χ4v) is 9.83. The maximum atomic E-state index is 13.9. The number of hydrogen-bond donors (Lipinski definition) is 4. The topological polar surface area (TPSA) is 146 Å². The molecule has 2 aliphatic heterocycles. The Balaban J connectivity index is 0.000000297. The van der Waals surface area contributed by atoms with E-state index in [2.05, 4.69) is 10.6 Å². The first-order valence-corrected chi connectivity index (χ1v) is 25.6. The van der Waals surface area contributed by atoms with Crippen LogP contribution in [0.3, 0.4) is 0 Å². The monoisotopic (exact) mass is 1170 g/mol. The lowest BCUT2D eigenvalue weighted by atomic mass is 9.85. The van der Waals surface area contributed by atoms with Crippen molar-refractivity contribution in [2.75, 3.05) is 53.5 Å². The summed E-state index contributed by atoms with van der Waals surface area (Å²) in [4.78, 5) is 57.6. The number of amides is 6. The predicted molar refractivity (Wildman–Crippen MR) is 267 cm³/mol. The molecule has 2 fully saturated rings. The average Bonchev–Trinajstić information content (AvgIpc) is 3.39. The number of rotatable bonds is 14. The van der Waals surface area contributed by atoms with Crippen LogP contribution in [0.2, 0.25) is 0 Å². The Hall–Kier alpha value is -6.70. The minimum atomic E-state index is -5.04. The van der Waals surface area contributed by atoms with Gasteiger partial charge in [0.05, 0.1) is 40.4 Å². The minimum absolute atomic E-state index is 0.0229. The summed E-state index contributed by atoms with van der Waals surface area (Å²) in [5, 5.41) is 23.4. The number of carbonyl (C=O) groups is 4. The van der Waals surface area contributed by atoms with E-state index < -0.39 is 107 Å². The number of piperidine rings is 2. The number of aryl methyl sites for hydroxylation is 2. The van der Waals surface area contributed by atoms with Crippen molar-refractivity contribution in [1.82, 2.24) is 30.2 Å². The Morgan fingerprint density at radius 2 is 0.951 bits per heavy atom. The lowest BCUT2D eigenvalue weighted by Gasteiger charge is -2.42. The molecule has 0 unspecified atom stereocenters. The van der Waals surface area contributed by atoms with Crippen LogP contribution in [0.15, 0.2) is 72.8 Å². The van der Waals surface area contributed by atoms with Crippen molar-refractivity contribution >= 4 is 23.9 Å². The quantitative estimate of drug-likeness (QED) is 0.0731. The molecule has 4 aromatic carbocycles. The van der Waals surface area contributed by atoms with E-state index in [1.54, 1.807) is 13.8 Å². The molecule has 26 heteroatoms. The second kappa shape index (κ2) is 26.9. The largest absolute Gasteiger partial charge is 0.416 e. The van der Waals surface area contributed by atoms with Crippen molar-refractivity contribution in [1.29, 1.82) is 0 Å². The minimum Gasteiger partial charge on any atom is -0.396 e. The number of halogens is 14. The van der Waals surface area contributed by atoms with Gasteiger partial charge in [0.2, 0.25) is 11.8 Å². The van der Waals surface area contributed by atoms with Gasteiger partial charge in [-0.1, -0.05) is 12.1 Å². The van der Waals surface area contributed by atoms with Crippen molar-refractivity contribution in [3.8, 4) is 0 Å². The van der Waals surface area contributed by atoms with Crippen LogP contribution in [-0.2, 0) is 40.8 Å². The molecule has 2 aliphatic rings. The molecule has 0 aromatic heterocycles. The van der Waals surface area contributed by atoms with Gasteiger partial charge in [-0.25, -0.2) is 18.4 Å². The number of carbonyl (C=O) groups excluding carboxylic acids is 4. The Morgan fingerprint density at radius 3 is 1.31 bits per heavy atom. The summed E-state index contributed by atoms with van der Waals surface area (Å²) < 4.78 is 188. The van der Waals surface area contributed by atoms with E-state index in [0.717, 1.165) is 9.80 Å². The fraction of sp³-hybridized carbons (Fsp3) is 0.491. The van der Waals surface area contributed by atoms with Crippen molar-refractivity contribution in [3.05, 3.63) is 140 Å². The first kappa shape index (κ1) is 65.1. The maximum Gasteiger partial charge on any atom is 0.416 e. The van der Waals surface area contributed by atoms with Crippen molar-refractivity contribution in [3.63, 3.8) is 0 Å². The van der Waals surface area contributed by atoms with E-state index in [0.29, 0.717) is 59.4 Å². The van der Waals surface area contributed by atoms with Crippen molar-refractivity contribution in [2.45, 2.75) is 109 Å². The molecular formula is C55H62F14N6O6. The first-order chi connectivity index (χ1) is 37.7. The first-order valence-electron chi connectivity index (χ1n) is 25.6. The van der Waals surface area contributed by atoms with Crippen LogP contribution in [0.25, 0.3) is 0 Å². The van der Waals surface area contributed by atoms with Gasteiger partial charge in [0.1, 0.15) is 11.6 Å². The molecule has 2 saturated heterocycles.